The molecule has 3 nitrogen and oxygen atoms in total. The van der Waals surface area contributed by atoms with Crippen LogP contribution in [0.4, 0.5) is 8.78 Å². The smallest absolute Gasteiger partial charge is 0.387 e. The van der Waals surface area contributed by atoms with E-state index >= 15 is 0 Å². The molecular weight excluding hydrogens is 410 g/mol. The van der Waals surface area contributed by atoms with Crippen LogP contribution in [0.5, 0.6) is 11.5 Å². The molecular formula is C27H20F2O3. The van der Waals surface area contributed by atoms with Crippen LogP contribution < -0.4 is 9.47 Å². The molecule has 2 bridgehead atoms. The summed E-state index contributed by atoms with van der Waals surface area (Å²) in [5.74, 6) is 0.978. The fourth-order valence-corrected chi connectivity index (χ4v) is 3.71. The third-order valence-electron chi connectivity index (χ3n) is 5.11. The van der Waals surface area contributed by atoms with Crippen LogP contribution in [0, 0.1) is 0 Å². The average Bonchev–Trinajstić information content (AvgIpc) is 3.11. The minimum Gasteiger partial charge on any atom is -0.473 e. The van der Waals surface area contributed by atoms with Crippen LogP contribution >= 0.6 is 0 Å². The quantitative estimate of drug-likeness (QED) is 0.340. The van der Waals surface area contributed by atoms with Gasteiger partial charge in [0, 0.05) is 22.3 Å². The zero-order valence-electron chi connectivity index (χ0n) is 17.0. The molecule has 1 heterocycles. The monoisotopic (exact) mass is 430 g/mol. The number of ether oxygens (including phenoxy) is 2. The van der Waals surface area contributed by atoms with Crippen molar-refractivity contribution in [1.82, 2.24) is 0 Å². The Labute approximate surface area is 184 Å². The van der Waals surface area contributed by atoms with E-state index in [0.29, 0.717) is 11.8 Å². The van der Waals surface area contributed by atoms with Gasteiger partial charge in [-0.05, 0) is 36.4 Å². The van der Waals surface area contributed by atoms with Gasteiger partial charge in [0.1, 0.15) is 17.8 Å². The number of halogens is 2. The van der Waals surface area contributed by atoms with Gasteiger partial charge in [-0.1, -0.05) is 72.8 Å². The second kappa shape index (κ2) is 9.43. The highest BCUT2D eigenvalue weighted by Gasteiger charge is 2.42. The maximum absolute atomic E-state index is 11.6. The van der Waals surface area contributed by atoms with E-state index in [-0.39, 0.29) is 5.75 Å². The van der Waals surface area contributed by atoms with Gasteiger partial charge in [0.05, 0.1) is 0 Å². The van der Waals surface area contributed by atoms with E-state index in [1.807, 2.05) is 18.2 Å². The summed E-state index contributed by atoms with van der Waals surface area (Å²) in [6, 6.07) is 34.6. The fourth-order valence-electron chi connectivity index (χ4n) is 3.71. The molecule has 0 unspecified atom stereocenters. The summed E-state index contributed by atoms with van der Waals surface area (Å²) in [6.45, 7) is -2.83. The van der Waals surface area contributed by atoms with Crippen molar-refractivity contribution in [1.29, 1.82) is 0 Å². The first-order valence-electron chi connectivity index (χ1n) is 10.0. The Balaban J connectivity index is 0.000000176. The average molecular weight is 430 g/mol. The van der Waals surface area contributed by atoms with Gasteiger partial charge in [-0.3, -0.25) is 4.79 Å². The molecule has 0 N–H and O–H groups in total. The van der Waals surface area contributed by atoms with Crippen LogP contribution in [0.2, 0.25) is 0 Å². The van der Waals surface area contributed by atoms with Crippen molar-refractivity contribution in [3.05, 3.63) is 131 Å². The van der Waals surface area contributed by atoms with Crippen LogP contribution in [0.25, 0.3) is 0 Å². The Kier molecular flexibility index (Phi) is 6.26. The zero-order chi connectivity index (χ0) is 22.4. The van der Waals surface area contributed by atoms with Crippen LogP contribution in [-0.2, 0) is 5.60 Å². The van der Waals surface area contributed by atoms with Crippen molar-refractivity contribution in [3.8, 4) is 11.5 Å². The van der Waals surface area contributed by atoms with Crippen molar-refractivity contribution in [2.45, 2.75) is 12.2 Å². The molecule has 0 atom stereocenters. The summed E-state index contributed by atoms with van der Waals surface area (Å²) >= 11 is 0. The Morgan fingerprint density at radius 2 is 1.28 bits per heavy atom. The highest BCUT2D eigenvalue weighted by atomic mass is 19.3. The number of carbonyl (C=O) groups excluding carboxylic acids is 1. The number of rotatable bonds is 5. The van der Waals surface area contributed by atoms with Gasteiger partial charge in [0.25, 0.3) is 0 Å². The van der Waals surface area contributed by atoms with Crippen molar-refractivity contribution < 1.29 is 23.0 Å². The van der Waals surface area contributed by atoms with Crippen molar-refractivity contribution in [2.24, 2.45) is 0 Å². The lowest BCUT2D eigenvalue weighted by molar-refractivity contribution is -0.0498. The third-order valence-corrected chi connectivity index (χ3v) is 5.11. The van der Waals surface area contributed by atoms with Crippen LogP contribution in [-0.4, -0.2) is 12.9 Å². The molecule has 0 fully saturated rings. The number of hydrogen-bond donors (Lipinski definition) is 0. The topological polar surface area (TPSA) is 35.5 Å². The van der Waals surface area contributed by atoms with Gasteiger partial charge in [-0.2, -0.15) is 8.78 Å². The lowest BCUT2D eigenvalue weighted by atomic mass is 9.81. The Bertz CT molecular complexity index is 1120. The van der Waals surface area contributed by atoms with Gasteiger partial charge in [-0.25, -0.2) is 0 Å². The van der Waals surface area contributed by atoms with Gasteiger partial charge < -0.3 is 9.47 Å². The van der Waals surface area contributed by atoms with Gasteiger partial charge >= 0.3 is 6.61 Å². The molecule has 4 aromatic carbocycles. The Hall–Kier alpha value is -3.99. The summed E-state index contributed by atoms with van der Waals surface area (Å²) in [5.41, 5.74) is 3.42. The number of benzene rings is 4. The molecule has 0 amide bonds. The maximum Gasteiger partial charge on any atom is 0.387 e. The molecule has 1 aliphatic rings. The molecule has 0 spiro atoms. The second-order valence-electron chi connectivity index (χ2n) is 7.11. The van der Waals surface area contributed by atoms with E-state index in [1.54, 1.807) is 0 Å². The molecule has 0 aliphatic carbocycles. The number of hydrogen-bond acceptors (Lipinski definition) is 3. The Morgan fingerprint density at radius 3 is 1.78 bits per heavy atom. The minimum atomic E-state index is -2.83. The summed E-state index contributed by atoms with van der Waals surface area (Å²) in [4.78, 5) is 10.2. The van der Waals surface area contributed by atoms with Crippen LogP contribution in [0.15, 0.2) is 109 Å². The molecule has 32 heavy (non-hydrogen) atoms. The van der Waals surface area contributed by atoms with Gasteiger partial charge in [-0.15, -0.1) is 0 Å². The zero-order valence-corrected chi connectivity index (χ0v) is 17.0. The molecule has 5 rings (SSSR count). The van der Waals surface area contributed by atoms with E-state index in [1.165, 1.54) is 29.8 Å². The van der Waals surface area contributed by atoms with Gasteiger partial charge in [0.2, 0.25) is 0 Å². The molecule has 0 aromatic heterocycles. The minimum absolute atomic E-state index is 0.0515. The van der Waals surface area contributed by atoms with E-state index in [4.69, 9.17) is 4.74 Å². The predicted octanol–water partition coefficient (Wildman–Crippen LogP) is 6.47. The molecule has 5 heteroatoms. The molecule has 4 aromatic rings. The number of aldehydes is 1. The third kappa shape index (κ3) is 4.37. The normalized spacial score (nSPS) is 13.0. The molecule has 0 saturated heterocycles. The molecule has 0 radical (unpaired) electrons. The maximum atomic E-state index is 11.6. The number of fused-ring (bicyclic) bond motifs is 2. The largest absolute Gasteiger partial charge is 0.473 e. The summed E-state index contributed by atoms with van der Waals surface area (Å²) < 4.78 is 33.6. The fraction of sp³-hybridized carbons (Fsp3) is 0.0741. The molecule has 0 saturated carbocycles. The van der Waals surface area contributed by atoms with Crippen molar-refractivity contribution >= 4 is 6.29 Å². The first kappa shape index (κ1) is 21.2. The summed E-state index contributed by atoms with van der Waals surface area (Å²) in [7, 11) is 0. The van der Waals surface area contributed by atoms with Crippen LogP contribution in [0.1, 0.15) is 27.0 Å². The van der Waals surface area contributed by atoms with E-state index < -0.39 is 12.2 Å². The van der Waals surface area contributed by atoms with E-state index in [9.17, 15) is 13.6 Å². The first-order valence-corrected chi connectivity index (χ1v) is 10.0. The number of alkyl halides is 2. The molecule has 160 valence electrons. The Morgan fingerprint density at radius 1 is 0.719 bits per heavy atom. The standard InChI is InChI=1S/C19H14O.C8H6F2O2/c1-3-8-15(9-4-1)19(16-10-5-2-6-11-16)17-12-7-13-18(14-17)20-19;9-8(10)12-7-3-1-6(5-11)2-4-7/h1-14H;1-5,8H. The summed E-state index contributed by atoms with van der Waals surface area (Å²) in [5, 5.41) is 0. The van der Waals surface area contributed by atoms with E-state index in [2.05, 4.69) is 71.5 Å². The highest BCUT2D eigenvalue weighted by Crippen LogP contribution is 2.46. The number of carbonyl (C=O) groups is 1. The van der Waals surface area contributed by atoms with Crippen molar-refractivity contribution in [2.75, 3.05) is 0 Å². The highest BCUT2D eigenvalue weighted by molar-refractivity contribution is 5.74. The predicted molar refractivity (Wildman–Crippen MR) is 118 cm³/mol. The second-order valence-corrected chi connectivity index (χ2v) is 7.11. The lowest BCUT2D eigenvalue weighted by Gasteiger charge is -2.31. The lowest BCUT2D eigenvalue weighted by Crippen LogP contribution is -2.32. The first-order chi connectivity index (χ1) is 15.6. The van der Waals surface area contributed by atoms with Gasteiger partial charge in [0.15, 0.2) is 5.60 Å². The SMILES string of the molecule is O=Cc1ccc(OC(F)F)cc1.c1ccc(C2(c3ccccc3)Oc3cccc2c3)cc1. The van der Waals surface area contributed by atoms with Crippen LogP contribution in [0.3, 0.4) is 0 Å². The van der Waals surface area contributed by atoms with E-state index in [0.717, 1.165) is 16.9 Å². The summed E-state index contributed by atoms with van der Waals surface area (Å²) in [6.07, 6.45) is 0.631. The molecule has 1 aliphatic heterocycles. The van der Waals surface area contributed by atoms with Crippen molar-refractivity contribution in [3.63, 3.8) is 0 Å².